The van der Waals surface area contributed by atoms with E-state index in [0.717, 1.165) is 16.8 Å². The maximum atomic E-state index is 13.6. The summed E-state index contributed by atoms with van der Waals surface area (Å²) in [6.45, 7) is 4.48. The first kappa shape index (κ1) is 24.4. The van der Waals surface area contributed by atoms with Gasteiger partial charge in [0.1, 0.15) is 11.6 Å². The van der Waals surface area contributed by atoms with Gasteiger partial charge in [-0.3, -0.25) is 14.5 Å². The van der Waals surface area contributed by atoms with Crippen LogP contribution in [0.15, 0.2) is 60.8 Å². The van der Waals surface area contributed by atoms with E-state index in [1.54, 1.807) is 49.5 Å². The predicted molar refractivity (Wildman–Crippen MR) is 136 cm³/mol. The van der Waals surface area contributed by atoms with E-state index >= 15 is 0 Å². The molecular formula is C27H26N6O3. The van der Waals surface area contributed by atoms with Gasteiger partial charge in [-0.25, -0.2) is 9.97 Å². The molecule has 4 rings (SSSR count). The molecule has 0 aliphatic rings. The summed E-state index contributed by atoms with van der Waals surface area (Å²) >= 11 is 0. The first-order valence-corrected chi connectivity index (χ1v) is 11.6. The van der Waals surface area contributed by atoms with Crippen molar-refractivity contribution in [1.82, 2.24) is 15.0 Å². The van der Waals surface area contributed by atoms with Gasteiger partial charge in [-0.05, 0) is 67.9 Å². The molecule has 9 heteroatoms. The van der Waals surface area contributed by atoms with Crippen molar-refractivity contribution in [1.29, 1.82) is 5.26 Å². The van der Waals surface area contributed by atoms with Crippen LogP contribution < -0.4 is 10.2 Å². The molecule has 2 N–H and O–H groups in total. The van der Waals surface area contributed by atoms with Crippen molar-refractivity contribution >= 4 is 34.4 Å². The molecule has 0 bridgehead atoms. The Balaban J connectivity index is 1.56. The Labute approximate surface area is 208 Å². The predicted octanol–water partition coefficient (Wildman–Crippen LogP) is 4.35. The number of pyridine rings is 1. The van der Waals surface area contributed by atoms with Crippen LogP contribution in [-0.4, -0.2) is 40.0 Å². The summed E-state index contributed by atoms with van der Waals surface area (Å²) in [5.41, 5.74) is 4.19. The normalized spacial score (nSPS) is 10.6. The minimum Gasteiger partial charge on any atom is -0.466 e. The molecule has 36 heavy (non-hydrogen) atoms. The number of amides is 1. The third-order valence-electron chi connectivity index (χ3n) is 5.68. The van der Waals surface area contributed by atoms with Crippen LogP contribution in [0.4, 0.5) is 11.5 Å². The molecule has 0 saturated heterocycles. The topological polar surface area (TPSA) is 124 Å². The summed E-state index contributed by atoms with van der Waals surface area (Å²) in [4.78, 5) is 39.4. The van der Waals surface area contributed by atoms with Crippen LogP contribution in [0.5, 0.6) is 0 Å². The van der Waals surface area contributed by atoms with Crippen molar-refractivity contribution in [2.24, 2.45) is 0 Å². The lowest BCUT2D eigenvalue weighted by Gasteiger charge is -2.22. The first-order valence-electron chi connectivity index (χ1n) is 11.6. The number of hydrogen-bond donors (Lipinski definition) is 2. The molecule has 0 saturated carbocycles. The highest BCUT2D eigenvalue weighted by atomic mass is 16.5. The number of anilines is 2. The summed E-state index contributed by atoms with van der Waals surface area (Å²) in [5.74, 6) is 0.536. The van der Waals surface area contributed by atoms with E-state index in [1.807, 2.05) is 25.1 Å². The fourth-order valence-corrected chi connectivity index (χ4v) is 3.84. The molecule has 1 amide bonds. The van der Waals surface area contributed by atoms with E-state index < -0.39 is 0 Å². The fourth-order valence-electron chi connectivity index (χ4n) is 3.84. The maximum Gasteiger partial charge on any atom is 0.307 e. The third kappa shape index (κ3) is 5.50. The highest BCUT2D eigenvalue weighted by Crippen LogP contribution is 2.24. The number of aromatic amines is 1. The monoisotopic (exact) mass is 482 g/mol. The van der Waals surface area contributed by atoms with E-state index in [9.17, 15) is 9.59 Å². The van der Waals surface area contributed by atoms with Crippen molar-refractivity contribution in [2.75, 3.05) is 23.4 Å². The summed E-state index contributed by atoms with van der Waals surface area (Å²) in [7, 11) is 0. The van der Waals surface area contributed by atoms with Gasteiger partial charge in [-0.2, -0.15) is 5.26 Å². The molecule has 0 aliphatic carbocycles. The highest BCUT2D eigenvalue weighted by molar-refractivity contribution is 6.08. The van der Waals surface area contributed by atoms with Gasteiger partial charge in [0.25, 0.3) is 5.91 Å². The molecule has 0 atom stereocenters. The zero-order valence-corrected chi connectivity index (χ0v) is 20.1. The number of nitrogens with zero attached hydrogens (tertiary/aromatic N) is 4. The number of nitriles is 1. The van der Waals surface area contributed by atoms with Crippen molar-refractivity contribution in [3.05, 3.63) is 83.3 Å². The van der Waals surface area contributed by atoms with Crippen LogP contribution in [0.2, 0.25) is 0 Å². The number of aromatic nitrogens is 3. The number of carbonyl (C=O) groups is 2. The quantitative estimate of drug-likeness (QED) is 0.340. The lowest BCUT2D eigenvalue weighted by molar-refractivity contribution is -0.142. The van der Waals surface area contributed by atoms with E-state index in [1.165, 1.54) is 4.90 Å². The van der Waals surface area contributed by atoms with E-state index in [4.69, 9.17) is 15.0 Å². The summed E-state index contributed by atoms with van der Waals surface area (Å²) in [5, 5.41) is 12.2. The Morgan fingerprint density at radius 1 is 1.14 bits per heavy atom. The van der Waals surface area contributed by atoms with Crippen molar-refractivity contribution < 1.29 is 14.3 Å². The second-order valence-corrected chi connectivity index (χ2v) is 8.06. The largest absolute Gasteiger partial charge is 0.466 e. The van der Waals surface area contributed by atoms with Gasteiger partial charge in [-0.15, -0.1) is 0 Å². The average molecular weight is 483 g/mol. The van der Waals surface area contributed by atoms with Crippen LogP contribution in [0.3, 0.4) is 0 Å². The summed E-state index contributed by atoms with van der Waals surface area (Å²) in [6.07, 6.45) is 1.67. The van der Waals surface area contributed by atoms with E-state index in [-0.39, 0.29) is 31.4 Å². The van der Waals surface area contributed by atoms with Gasteiger partial charge in [-0.1, -0.05) is 6.07 Å². The van der Waals surface area contributed by atoms with Crippen molar-refractivity contribution in [2.45, 2.75) is 26.8 Å². The Morgan fingerprint density at radius 3 is 2.64 bits per heavy atom. The summed E-state index contributed by atoms with van der Waals surface area (Å²) in [6, 6.07) is 18.2. The zero-order valence-electron chi connectivity index (χ0n) is 20.1. The number of ether oxygens (including phenoxy) is 1. The van der Waals surface area contributed by atoms with Gasteiger partial charge < -0.3 is 15.0 Å². The van der Waals surface area contributed by atoms with Crippen molar-refractivity contribution in [3.63, 3.8) is 0 Å². The van der Waals surface area contributed by atoms with Crippen LogP contribution in [0.1, 0.15) is 40.7 Å². The smallest absolute Gasteiger partial charge is 0.307 e. The van der Waals surface area contributed by atoms with Gasteiger partial charge >= 0.3 is 5.97 Å². The Kier molecular flexibility index (Phi) is 7.56. The molecule has 0 aliphatic heterocycles. The lowest BCUT2D eigenvalue weighted by Crippen LogP contribution is -2.34. The van der Waals surface area contributed by atoms with E-state index in [2.05, 4.69) is 21.4 Å². The Bertz CT molecular complexity index is 1410. The van der Waals surface area contributed by atoms with Gasteiger partial charge in [0.15, 0.2) is 0 Å². The lowest BCUT2D eigenvalue weighted by atomic mass is 10.1. The second kappa shape index (κ2) is 11.1. The molecule has 2 aromatic heterocycles. The molecule has 0 unspecified atom stereocenters. The Hall–Kier alpha value is -4.71. The second-order valence-electron chi connectivity index (χ2n) is 8.06. The number of imidazole rings is 1. The van der Waals surface area contributed by atoms with Gasteiger partial charge in [0, 0.05) is 24.0 Å². The number of rotatable bonds is 9. The molecule has 0 spiro atoms. The number of benzene rings is 2. The summed E-state index contributed by atoms with van der Waals surface area (Å²) < 4.78 is 5.03. The molecule has 9 nitrogen and oxygen atoms in total. The first-order chi connectivity index (χ1) is 17.5. The molecule has 2 heterocycles. The average Bonchev–Trinajstić information content (AvgIpc) is 3.33. The minimum atomic E-state index is -0.370. The number of esters is 1. The van der Waals surface area contributed by atoms with E-state index in [0.29, 0.717) is 34.8 Å². The number of aryl methyl sites for hydroxylation is 1. The molecule has 4 aromatic rings. The van der Waals surface area contributed by atoms with Gasteiger partial charge in [0.05, 0.1) is 42.2 Å². The number of carbonyl (C=O) groups excluding carboxylic acids is 2. The molecule has 2 aromatic carbocycles. The standard InChI is InChI=1S/C27H26N6O3/c1-3-36-25(34)13-15-33(24-6-4-5-14-29-24)27(35)21-11-12-22-26(18(21)2)32-23(31-22)17-30-20-9-7-19(16-28)8-10-20/h4-12,14,30H,3,13,15,17H2,1-2H3,(H,31,32). The highest BCUT2D eigenvalue weighted by Gasteiger charge is 2.23. The number of hydrogen-bond acceptors (Lipinski definition) is 7. The molecule has 0 fully saturated rings. The Morgan fingerprint density at radius 2 is 1.94 bits per heavy atom. The number of fused-ring (bicyclic) bond motifs is 1. The third-order valence-corrected chi connectivity index (χ3v) is 5.68. The van der Waals surface area contributed by atoms with Crippen LogP contribution in [0, 0.1) is 18.3 Å². The maximum absolute atomic E-state index is 13.6. The minimum absolute atomic E-state index is 0.0605. The molecular weight excluding hydrogens is 456 g/mol. The van der Waals surface area contributed by atoms with Crippen molar-refractivity contribution in [3.8, 4) is 6.07 Å². The molecule has 182 valence electrons. The van der Waals surface area contributed by atoms with Crippen LogP contribution in [-0.2, 0) is 16.1 Å². The molecule has 0 radical (unpaired) electrons. The SMILES string of the molecule is CCOC(=O)CCN(C(=O)c1ccc2[nH]c(CNc3ccc(C#N)cc3)nc2c1C)c1ccccn1. The van der Waals surface area contributed by atoms with Crippen LogP contribution >= 0.6 is 0 Å². The zero-order chi connectivity index (χ0) is 25.5. The number of nitrogens with one attached hydrogen (secondary N) is 2. The fraction of sp³-hybridized carbons (Fsp3) is 0.222. The van der Waals surface area contributed by atoms with Gasteiger partial charge in [0.2, 0.25) is 0 Å². The van der Waals surface area contributed by atoms with Crippen LogP contribution in [0.25, 0.3) is 11.0 Å². The number of H-pyrrole nitrogens is 1.